The van der Waals surface area contributed by atoms with Crippen molar-refractivity contribution in [1.29, 1.82) is 0 Å². The van der Waals surface area contributed by atoms with Crippen molar-refractivity contribution < 1.29 is 4.79 Å². The third-order valence-electron chi connectivity index (χ3n) is 4.48. The van der Waals surface area contributed by atoms with E-state index in [2.05, 4.69) is 9.97 Å². The Kier molecular flexibility index (Phi) is 5.82. The number of aromatic amines is 1. The zero-order valence-electron chi connectivity index (χ0n) is 14.9. The van der Waals surface area contributed by atoms with Crippen molar-refractivity contribution in [3.05, 3.63) is 75.3 Å². The number of rotatable bonds is 5. The Balaban J connectivity index is 1.95. The molecule has 0 unspecified atom stereocenters. The van der Waals surface area contributed by atoms with E-state index in [1.165, 1.54) is 0 Å². The van der Waals surface area contributed by atoms with Gasteiger partial charge in [0, 0.05) is 11.6 Å². The minimum absolute atomic E-state index is 0.244. The molecule has 0 aliphatic heterocycles. The highest BCUT2D eigenvalue weighted by atomic mass is 35.5. The topological polar surface area (TPSA) is 66.1 Å². The molecule has 3 rings (SSSR count). The molecule has 0 saturated heterocycles. The van der Waals surface area contributed by atoms with Gasteiger partial charge in [-0.05, 0) is 37.6 Å². The summed E-state index contributed by atoms with van der Waals surface area (Å²) in [4.78, 5) is 34.2. The van der Waals surface area contributed by atoms with E-state index < -0.39 is 11.4 Å². The number of nitrogens with one attached hydrogen (secondary N) is 1. The van der Waals surface area contributed by atoms with Crippen molar-refractivity contribution in [3.8, 4) is 0 Å². The van der Waals surface area contributed by atoms with Crippen LogP contribution in [-0.4, -0.2) is 27.3 Å². The number of fused-ring (bicyclic) bond motifs is 1. The molecule has 0 spiro atoms. The van der Waals surface area contributed by atoms with Crippen molar-refractivity contribution in [2.45, 2.75) is 25.3 Å². The van der Waals surface area contributed by atoms with Crippen LogP contribution in [0.4, 0.5) is 0 Å². The molecule has 1 aromatic heterocycles. The number of likely N-dealkylation sites (N-methyl/N-ethyl adjacent to an activating group) is 1. The van der Waals surface area contributed by atoms with Gasteiger partial charge in [-0.15, -0.1) is 11.6 Å². The summed E-state index contributed by atoms with van der Waals surface area (Å²) in [6.45, 7) is 4.09. The minimum Gasteiger partial charge on any atom is -0.331 e. The Hall–Kier alpha value is -2.37. The molecule has 2 aromatic carbocycles. The SMILES string of the molecule is CCN(C(=O)[C@@H](Cl)c1ccccc1)[C@H](C)c1nc2cc(Cl)ccc2c(=O)[nH]1. The monoisotopic (exact) mass is 403 g/mol. The molecule has 0 saturated carbocycles. The van der Waals surface area contributed by atoms with E-state index in [0.29, 0.717) is 28.3 Å². The van der Waals surface area contributed by atoms with Crippen LogP contribution in [0.3, 0.4) is 0 Å². The molecule has 1 heterocycles. The number of hydrogen-bond acceptors (Lipinski definition) is 3. The van der Waals surface area contributed by atoms with E-state index in [4.69, 9.17) is 23.2 Å². The number of aromatic nitrogens is 2. The lowest BCUT2D eigenvalue weighted by atomic mass is 10.1. The van der Waals surface area contributed by atoms with E-state index in [0.717, 1.165) is 5.56 Å². The van der Waals surface area contributed by atoms with Crippen LogP contribution in [0.15, 0.2) is 53.3 Å². The van der Waals surface area contributed by atoms with Crippen LogP contribution >= 0.6 is 23.2 Å². The van der Waals surface area contributed by atoms with E-state index in [1.54, 1.807) is 23.1 Å². The molecule has 0 fully saturated rings. The van der Waals surface area contributed by atoms with Gasteiger partial charge in [0.1, 0.15) is 11.2 Å². The predicted molar refractivity (Wildman–Crippen MR) is 108 cm³/mol. The van der Waals surface area contributed by atoms with Crippen LogP contribution in [0.25, 0.3) is 10.9 Å². The number of hydrogen-bond donors (Lipinski definition) is 1. The van der Waals surface area contributed by atoms with Crippen molar-refractivity contribution in [1.82, 2.24) is 14.9 Å². The molecule has 1 amide bonds. The summed E-state index contributed by atoms with van der Waals surface area (Å²) in [5.41, 5.74) is 0.941. The number of carbonyl (C=O) groups is 1. The van der Waals surface area contributed by atoms with Gasteiger partial charge in [0.15, 0.2) is 0 Å². The quantitative estimate of drug-likeness (QED) is 0.639. The smallest absolute Gasteiger partial charge is 0.258 e. The van der Waals surface area contributed by atoms with Gasteiger partial charge in [0.05, 0.1) is 16.9 Å². The molecule has 1 N–H and O–H groups in total. The van der Waals surface area contributed by atoms with Crippen LogP contribution in [0, 0.1) is 0 Å². The Morgan fingerprint density at radius 3 is 2.59 bits per heavy atom. The van der Waals surface area contributed by atoms with Gasteiger partial charge in [-0.25, -0.2) is 4.98 Å². The summed E-state index contributed by atoms with van der Waals surface area (Å²) in [6.07, 6.45) is 0. The van der Waals surface area contributed by atoms with Crippen LogP contribution < -0.4 is 5.56 Å². The summed E-state index contributed by atoms with van der Waals surface area (Å²) < 4.78 is 0. The van der Waals surface area contributed by atoms with Crippen molar-refractivity contribution in [3.63, 3.8) is 0 Å². The van der Waals surface area contributed by atoms with Gasteiger partial charge in [-0.3, -0.25) is 9.59 Å². The fourth-order valence-corrected chi connectivity index (χ4v) is 3.44. The first-order valence-electron chi connectivity index (χ1n) is 8.61. The second kappa shape index (κ2) is 8.11. The van der Waals surface area contributed by atoms with E-state index in [1.807, 2.05) is 44.2 Å². The summed E-state index contributed by atoms with van der Waals surface area (Å²) in [5.74, 6) is 0.147. The molecular weight excluding hydrogens is 385 g/mol. The number of H-pyrrole nitrogens is 1. The number of carbonyl (C=O) groups excluding carboxylic acids is 1. The number of amides is 1. The maximum atomic E-state index is 12.9. The van der Waals surface area contributed by atoms with Crippen LogP contribution in [0.1, 0.15) is 36.7 Å². The summed E-state index contributed by atoms with van der Waals surface area (Å²) >= 11 is 12.4. The normalized spacial score (nSPS) is 13.3. The number of benzene rings is 2. The molecule has 7 heteroatoms. The molecule has 5 nitrogen and oxygen atoms in total. The Bertz CT molecular complexity index is 1020. The van der Waals surface area contributed by atoms with Crippen molar-refractivity contribution in [2.24, 2.45) is 0 Å². The fraction of sp³-hybridized carbons (Fsp3) is 0.250. The molecule has 0 aliphatic rings. The first-order chi connectivity index (χ1) is 12.9. The van der Waals surface area contributed by atoms with Gasteiger partial charge in [-0.2, -0.15) is 0 Å². The van der Waals surface area contributed by atoms with Crippen molar-refractivity contribution >= 4 is 40.0 Å². The molecule has 0 aliphatic carbocycles. The lowest BCUT2D eigenvalue weighted by Crippen LogP contribution is -2.37. The number of alkyl halides is 1. The highest BCUT2D eigenvalue weighted by molar-refractivity contribution is 6.31. The Morgan fingerprint density at radius 1 is 1.22 bits per heavy atom. The highest BCUT2D eigenvalue weighted by Crippen LogP contribution is 2.27. The number of halogens is 2. The van der Waals surface area contributed by atoms with Crippen LogP contribution in [0.5, 0.6) is 0 Å². The van der Waals surface area contributed by atoms with Crippen LogP contribution in [-0.2, 0) is 4.79 Å². The van der Waals surface area contributed by atoms with Gasteiger partial charge in [0.2, 0.25) is 5.91 Å². The average Bonchev–Trinajstić information content (AvgIpc) is 2.67. The first kappa shape index (κ1) is 19.4. The highest BCUT2D eigenvalue weighted by Gasteiger charge is 2.28. The maximum absolute atomic E-state index is 12.9. The third kappa shape index (κ3) is 3.99. The van der Waals surface area contributed by atoms with Gasteiger partial charge in [0.25, 0.3) is 5.56 Å². The van der Waals surface area contributed by atoms with Crippen molar-refractivity contribution in [2.75, 3.05) is 6.54 Å². The van der Waals surface area contributed by atoms with E-state index in [9.17, 15) is 9.59 Å². The maximum Gasteiger partial charge on any atom is 0.258 e. The zero-order valence-corrected chi connectivity index (χ0v) is 16.5. The largest absolute Gasteiger partial charge is 0.331 e. The second-order valence-electron chi connectivity index (χ2n) is 6.19. The molecule has 0 bridgehead atoms. The molecular formula is C20H19Cl2N3O2. The average molecular weight is 404 g/mol. The van der Waals surface area contributed by atoms with E-state index >= 15 is 0 Å². The summed E-state index contributed by atoms with van der Waals surface area (Å²) in [6, 6.07) is 13.6. The summed E-state index contributed by atoms with van der Waals surface area (Å²) in [5, 5.41) is 0.131. The van der Waals surface area contributed by atoms with Gasteiger partial charge in [-0.1, -0.05) is 41.9 Å². The fourth-order valence-electron chi connectivity index (χ4n) is 3.01. The lowest BCUT2D eigenvalue weighted by Gasteiger charge is -2.29. The third-order valence-corrected chi connectivity index (χ3v) is 5.16. The zero-order chi connectivity index (χ0) is 19.6. The predicted octanol–water partition coefficient (Wildman–Crippen LogP) is 4.47. The lowest BCUT2D eigenvalue weighted by molar-refractivity contribution is -0.133. The Labute approximate surface area is 166 Å². The Morgan fingerprint density at radius 2 is 1.93 bits per heavy atom. The van der Waals surface area contributed by atoms with Gasteiger partial charge >= 0.3 is 0 Å². The number of nitrogens with zero attached hydrogens (tertiary/aromatic N) is 2. The second-order valence-corrected chi connectivity index (χ2v) is 7.06. The first-order valence-corrected chi connectivity index (χ1v) is 9.42. The molecule has 3 aromatic rings. The van der Waals surface area contributed by atoms with Gasteiger partial charge < -0.3 is 9.88 Å². The summed E-state index contributed by atoms with van der Waals surface area (Å²) in [7, 11) is 0. The standard InChI is InChI=1S/C20H19Cl2N3O2/c1-3-25(20(27)17(22)13-7-5-4-6-8-13)12(2)18-23-16-11-14(21)9-10-15(16)19(26)24-18/h4-12,17H,3H2,1-2H3,(H,23,24,26)/t12-,17+/m1/s1. The molecule has 140 valence electrons. The minimum atomic E-state index is -0.810. The molecule has 0 radical (unpaired) electrons. The molecule has 27 heavy (non-hydrogen) atoms. The molecule has 2 atom stereocenters. The van der Waals surface area contributed by atoms with Crippen LogP contribution in [0.2, 0.25) is 5.02 Å². The van der Waals surface area contributed by atoms with E-state index in [-0.39, 0.29) is 11.5 Å².